The minimum Gasteiger partial charge on any atom is -0.378 e. The van der Waals surface area contributed by atoms with E-state index in [0.29, 0.717) is 32.0 Å². The zero-order valence-corrected chi connectivity index (χ0v) is 11.6. The van der Waals surface area contributed by atoms with Crippen molar-refractivity contribution in [2.45, 2.75) is 24.0 Å². The maximum atomic E-state index is 11.8. The van der Waals surface area contributed by atoms with E-state index < -0.39 is 14.6 Å². The minimum atomic E-state index is -3.06. The summed E-state index contributed by atoms with van der Waals surface area (Å²) in [6.45, 7) is 3.03. The molecule has 0 spiro atoms. The number of guanidine groups is 1. The zero-order valence-electron chi connectivity index (χ0n) is 10.8. The van der Waals surface area contributed by atoms with Crippen LogP contribution < -0.4 is 5.73 Å². The summed E-state index contributed by atoms with van der Waals surface area (Å²) in [5.41, 5.74) is 5.90. The standard InChI is InChI=1S/C11H21N3O3S/c1-18(15,16)11(3-2-4-11)9-13-10(12)14-5-7-17-8-6-14/h2-9H2,1H3,(H2,12,13). The van der Waals surface area contributed by atoms with Gasteiger partial charge in [-0.25, -0.2) is 8.42 Å². The Morgan fingerprint density at radius 3 is 2.44 bits per heavy atom. The Labute approximate surface area is 108 Å². The smallest absolute Gasteiger partial charge is 0.191 e. The first kappa shape index (κ1) is 13.6. The third-order valence-electron chi connectivity index (χ3n) is 3.92. The largest absolute Gasteiger partial charge is 0.378 e. The van der Waals surface area contributed by atoms with E-state index in [1.54, 1.807) is 0 Å². The van der Waals surface area contributed by atoms with Gasteiger partial charge in [-0.2, -0.15) is 0 Å². The van der Waals surface area contributed by atoms with Crippen LogP contribution in [-0.2, 0) is 14.6 Å². The summed E-state index contributed by atoms with van der Waals surface area (Å²) in [4.78, 5) is 6.24. The predicted molar refractivity (Wildman–Crippen MR) is 70.3 cm³/mol. The highest BCUT2D eigenvalue weighted by molar-refractivity contribution is 7.92. The Bertz CT molecular complexity index is 423. The zero-order chi connectivity index (χ0) is 13.2. The fraction of sp³-hybridized carbons (Fsp3) is 0.909. The number of morpholine rings is 1. The summed E-state index contributed by atoms with van der Waals surface area (Å²) in [6, 6.07) is 0. The van der Waals surface area contributed by atoms with E-state index in [1.165, 1.54) is 6.26 Å². The van der Waals surface area contributed by atoms with Crippen molar-refractivity contribution in [3.8, 4) is 0 Å². The van der Waals surface area contributed by atoms with Crippen molar-refractivity contribution in [2.75, 3.05) is 39.1 Å². The lowest BCUT2D eigenvalue weighted by molar-refractivity contribution is 0.0673. The molecule has 0 radical (unpaired) electrons. The van der Waals surface area contributed by atoms with Gasteiger partial charge in [0.15, 0.2) is 15.8 Å². The third kappa shape index (κ3) is 2.61. The van der Waals surface area contributed by atoms with Crippen LogP contribution in [0.5, 0.6) is 0 Å². The van der Waals surface area contributed by atoms with Gasteiger partial charge in [0.2, 0.25) is 0 Å². The fourth-order valence-electron chi connectivity index (χ4n) is 2.33. The van der Waals surface area contributed by atoms with Crippen molar-refractivity contribution >= 4 is 15.8 Å². The lowest BCUT2D eigenvalue weighted by Crippen LogP contribution is -2.49. The molecule has 1 saturated carbocycles. The predicted octanol–water partition coefficient (Wildman–Crippen LogP) is -0.399. The van der Waals surface area contributed by atoms with Crippen LogP contribution in [0.4, 0.5) is 0 Å². The van der Waals surface area contributed by atoms with Crippen LogP contribution in [0, 0.1) is 0 Å². The van der Waals surface area contributed by atoms with Crippen LogP contribution in [0.2, 0.25) is 0 Å². The Hall–Kier alpha value is -0.820. The number of nitrogens with two attached hydrogens (primary N) is 1. The first-order chi connectivity index (χ1) is 8.45. The number of hydrogen-bond acceptors (Lipinski definition) is 4. The van der Waals surface area contributed by atoms with Crippen LogP contribution in [0.25, 0.3) is 0 Å². The third-order valence-corrected chi connectivity index (χ3v) is 6.03. The van der Waals surface area contributed by atoms with E-state index in [1.807, 2.05) is 4.90 Å². The second kappa shape index (κ2) is 5.05. The molecule has 2 aliphatic rings. The van der Waals surface area contributed by atoms with Crippen LogP contribution in [0.3, 0.4) is 0 Å². The van der Waals surface area contributed by atoms with Gasteiger partial charge in [0, 0.05) is 19.3 Å². The Morgan fingerprint density at radius 2 is 2.00 bits per heavy atom. The summed E-state index contributed by atoms with van der Waals surface area (Å²) in [5, 5.41) is 0. The first-order valence-corrected chi connectivity index (χ1v) is 8.16. The molecule has 0 aromatic carbocycles. The SMILES string of the molecule is CS(=O)(=O)C1(CN=C(N)N2CCOCC2)CCC1. The molecular weight excluding hydrogens is 254 g/mol. The van der Waals surface area contributed by atoms with Crippen LogP contribution >= 0.6 is 0 Å². The van der Waals surface area contributed by atoms with E-state index in [2.05, 4.69) is 4.99 Å². The highest BCUT2D eigenvalue weighted by Crippen LogP contribution is 2.39. The normalized spacial score (nSPS) is 24.7. The van der Waals surface area contributed by atoms with Crippen molar-refractivity contribution in [3.05, 3.63) is 0 Å². The molecule has 2 fully saturated rings. The van der Waals surface area contributed by atoms with Crippen molar-refractivity contribution in [3.63, 3.8) is 0 Å². The molecule has 104 valence electrons. The van der Waals surface area contributed by atoms with E-state index in [4.69, 9.17) is 10.5 Å². The van der Waals surface area contributed by atoms with E-state index >= 15 is 0 Å². The van der Waals surface area contributed by atoms with Crippen molar-refractivity contribution in [1.82, 2.24) is 4.90 Å². The van der Waals surface area contributed by atoms with Gasteiger partial charge in [0.05, 0.1) is 24.5 Å². The van der Waals surface area contributed by atoms with Crippen LogP contribution in [0.1, 0.15) is 19.3 Å². The molecule has 2 rings (SSSR count). The molecule has 6 nitrogen and oxygen atoms in total. The molecule has 2 N–H and O–H groups in total. The molecule has 1 heterocycles. The first-order valence-electron chi connectivity index (χ1n) is 6.27. The van der Waals surface area contributed by atoms with Gasteiger partial charge in [0.1, 0.15) is 0 Å². The Balaban J connectivity index is 2.00. The van der Waals surface area contributed by atoms with Crippen molar-refractivity contribution < 1.29 is 13.2 Å². The maximum Gasteiger partial charge on any atom is 0.191 e. The van der Waals surface area contributed by atoms with Gasteiger partial charge in [-0.05, 0) is 12.8 Å². The number of rotatable bonds is 3. The van der Waals surface area contributed by atoms with Gasteiger partial charge in [0.25, 0.3) is 0 Å². The lowest BCUT2D eigenvalue weighted by Gasteiger charge is -2.39. The molecule has 7 heteroatoms. The molecule has 0 unspecified atom stereocenters. The molecule has 1 aliphatic carbocycles. The average molecular weight is 275 g/mol. The molecule has 18 heavy (non-hydrogen) atoms. The fourth-order valence-corrected chi connectivity index (χ4v) is 3.66. The molecule has 0 amide bonds. The molecule has 0 bridgehead atoms. The van der Waals surface area contributed by atoms with Gasteiger partial charge in [-0.15, -0.1) is 0 Å². The van der Waals surface area contributed by atoms with Gasteiger partial charge < -0.3 is 15.4 Å². The van der Waals surface area contributed by atoms with E-state index in [9.17, 15) is 8.42 Å². The van der Waals surface area contributed by atoms with E-state index in [0.717, 1.165) is 19.5 Å². The number of ether oxygens (including phenoxy) is 1. The molecule has 1 saturated heterocycles. The molecular formula is C11H21N3O3S. The average Bonchev–Trinajstić information content (AvgIpc) is 2.26. The number of hydrogen-bond donors (Lipinski definition) is 1. The van der Waals surface area contributed by atoms with E-state index in [-0.39, 0.29) is 6.54 Å². The number of sulfone groups is 1. The number of nitrogens with zero attached hydrogens (tertiary/aromatic N) is 2. The summed E-state index contributed by atoms with van der Waals surface area (Å²) in [6.07, 6.45) is 3.66. The lowest BCUT2D eigenvalue weighted by atomic mass is 9.84. The summed E-state index contributed by atoms with van der Waals surface area (Å²) < 4.78 is 28.1. The molecule has 0 aromatic rings. The van der Waals surface area contributed by atoms with Gasteiger partial charge >= 0.3 is 0 Å². The van der Waals surface area contributed by atoms with Crippen molar-refractivity contribution in [1.29, 1.82) is 0 Å². The monoisotopic (exact) mass is 275 g/mol. The summed E-state index contributed by atoms with van der Waals surface area (Å²) in [5.74, 6) is 0.438. The van der Waals surface area contributed by atoms with Gasteiger partial charge in [-0.3, -0.25) is 4.99 Å². The highest BCUT2D eigenvalue weighted by Gasteiger charge is 2.46. The Kier molecular flexibility index (Phi) is 3.82. The minimum absolute atomic E-state index is 0.287. The molecule has 1 aliphatic heterocycles. The summed E-state index contributed by atoms with van der Waals surface area (Å²) in [7, 11) is -3.06. The van der Waals surface area contributed by atoms with Gasteiger partial charge in [-0.1, -0.05) is 6.42 Å². The highest BCUT2D eigenvalue weighted by atomic mass is 32.2. The van der Waals surface area contributed by atoms with Crippen LogP contribution in [0.15, 0.2) is 4.99 Å². The van der Waals surface area contributed by atoms with Crippen molar-refractivity contribution in [2.24, 2.45) is 10.7 Å². The molecule has 0 atom stereocenters. The second-order valence-corrected chi connectivity index (χ2v) is 7.49. The number of aliphatic imine (C=N–C) groups is 1. The Morgan fingerprint density at radius 1 is 1.39 bits per heavy atom. The molecule has 0 aromatic heterocycles. The quantitative estimate of drug-likeness (QED) is 0.559. The maximum absolute atomic E-state index is 11.8. The van der Waals surface area contributed by atoms with Crippen LogP contribution in [-0.4, -0.2) is 63.1 Å². The second-order valence-electron chi connectivity index (χ2n) is 5.08. The topological polar surface area (TPSA) is 85.0 Å². The summed E-state index contributed by atoms with van der Waals surface area (Å²) >= 11 is 0.